The second-order valence-electron chi connectivity index (χ2n) is 6.39. The quantitative estimate of drug-likeness (QED) is 0.425. The Morgan fingerprint density at radius 3 is 2.63 bits per heavy atom. The fourth-order valence-corrected chi connectivity index (χ4v) is 3.32. The van der Waals surface area contributed by atoms with Crippen molar-refractivity contribution in [1.82, 2.24) is 24.8 Å². The zero-order valence-corrected chi connectivity index (χ0v) is 16.9. The molecule has 9 heteroatoms. The van der Waals surface area contributed by atoms with Gasteiger partial charge in [-0.2, -0.15) is 9.61 Å². The fourth-order valence-electron chi connectivity index (χ4n) is 3.01. The predicted molar refractivity (Wildman–Crippen MR) is 114 cm³/mol. The van der Waals surface area contributed by atoms with Gasteiger partial charge < -0.3 is 9.73 Å². The Kier molecular flexibility index (Phi) is 4.56. The molecule has 1 N–H and O–H groups in total. The second-order valence-corrected chi connectivity index (χ2v) is 7.17. The van der Waals surface area contributed by atoms with Crippen LogP contribution in [0.15, 0.2) is 82.1 Å². The fraction of sp³-hybridized carbons (Fsp3) is 0. The molecule has 0 bridgehead atoms. The number of hydrogen-bond donors (Lipinski definition) is 1. The van der Waals surface area contributed by atoms with Crippen LogP contribution in [0.3, 0.4) is 0 Å². The molecule has 1 amide bonds. The lowest BCUT2D eigenvalue weighted by molar-refractivity contribution is 0.0995. The highest BCUT2D eigenvalue weighted by atomic mass is 79.9. The normalized spacial score (nSPS) is 11.0. The largest absolute Gasteiger partial charge is 0.444 e. The molecular weight excluding hydrogens is 448 g/mol. The zero-order chi connectivity index (χ0) is 20.5. The highest BCUT2D eigenvalue weighted by Crippen LogP contribution is 2.24. The van der Waals surface area contributed by atoms with Crippen molar-refractivity contribution in [2.45, 2.75) is 0 Å². The maximum Gasteiger partial charge on any atom is 0.291 e. The number of nitrogens with zero attached hydrogens (tertiary/aromatic N) is 5. The van der Waals surface area contributed by atoms with Crippen molar-refractivity contribution in [2.75, 3.05) is 5.32 Å². The Labute approximate surface area is 178 Å². The Hall–Kier alpha value is -3.85. The molecule has 146 valence electrons. The molecule has 0 saturated carbocycles. The number of carbonyl (C=O) groups excluding carboxylic acids is 1. The molecule has 0 spiro atoms. The summed E-state index contributed by atoms with van der Waals surface area (Å²) in [4.78, 5) is 16.4. The number of benzene rings is 1. The number of anilines is 1. The summed E-state index contributed by atoms with van der Waals surface area (Å²) in [6.45, 7) is 0. The number of halogens is 1. The van der Waals surface area contributed by atoms with Crippen LogP contribution in [0.4, 0.5) is 5.69 Å². The topological polar surface area (TPSA) is 98.2 Å². The Bertz CT molecular complexity index is 1360. The van der Waals surface area contributed by atoms with Gasteiger partial charge in [-0.15, -0.1) is 10.2 Å². The van der Waals surface area contributed by atoms with Gasteiger partial charge in [0.1, 0.15) is 0 Å². The third-order valence-corrected chi connectivity index (χ3v) is 4.84. The van der Waals surface area contributed by atoms with Crippen molar-refractivity contribution in [3.05, 3.63) is 83.5 Å². The number of hydrogen-bond acceptors (Lipinski definition) is 6. The number of aromatic nitrogens is 5. The van der Waals surface area contributed by atoms with Crippen LogP contribution in [-0.2, 0) is 0 Å². The third kappa shape index (κ3) is 3.46. The molecular formula is C21H13BrN6O2. The molecule has 8 nitrogen and oxygen atoms in total. The zero-order valence-electron chi connectivity index (χ0n) is 15.4. The van der Waals surface area contributed by atoms with Gasteiger partial charge in [-0.25, -0.2) is 0 Å². The summed E-state index contributed by atoms with van der Waals surface area (Å²) in [7, 11) is 0. The average Bonchev–Trinajstić information content (AvgIpc) is 3.40. The summed E-state index contributed by atoms with van der Waals surface area (Å²) in [5.41, 5.74) is 3.69. The van der Waals surface area contributed by atoms with Gasteiger partial charge in [-0.3, -0.25) is 9.78 Å². The van der Waals surface area contributed by atoms with Crippen molar-refractivity contribution in [2.24, 2.45) is 0 Å². The van der Waals surface area contributed by atoms with Crippen molar-refractivity contribution in [3.8, 4) is 22.6 Å². The van der Waals surface area contributed by atoms with Crippen molar-refractivity contribution in [3.63, 3.8) is 0 Å². The van der Waals surface area contributed by atoms with Gasteiger partial charge in [0, 0.05) is 29.2 Å². The van der Waals surface area contributed by atoms with Gasteiger partial charge >= 0.3 is 0 Å². The number of carbonyl (C=O) groups is 1. The Balaban J connectivity index is 1.48. The summed E-state index contributed by atoms with van der Waals surface area (Å²) in [5, 5.41) is 16.0. The number of pyridine rings is 1. The molecule has 1 aromatic carbocycles. The lowest BCUT2D eigenvalue weighted by Gasteiger charge is -2.07. The molecule has 0 aliphatic rings. The monoisotopic (exact) mass is 460 g/mol. The molecule has 5 aromatic rings. The van der Waals surface area contributed by atoms with E-state index in [2.05, 4.69) is 36.4 Å². The molecule has 30 heavy (non-hydrogen) atoms. The maximum atomic E-state index is 12.3. The van der Waals surface area contributed by atoms with E-state index in [-0.39, 0.29) is 11.7 Å². The molecule has 0 aliphatic heterocycles. The predicted octanol–water partition coefficient (Wildman–Crippen LogP) is 4.46. The number of furan rings is 1. The standard InChI is InChI=1S/C21H13BrN6O2/c22-18-6-5-17(30-18)21(29)24-15-3-1-2-14(12-15)16-4-7-19-25-26-20(28(19)27-16)13-8-10-23-11-9-13/h1-12H,(H,24,29). The molecule has 4 heterocycles. The van der Waals surface area contributed by atoms with E-state index in [1.54, 1.807) is 35.1 Å². The number of amides is 1. The molecule has 0 radical (unpaired) electrons. The SMILES string of the molecule is O=C(Nc1cccc(-c2ccc3nnc(-c4ccncc4)n3n2)c1)c1ccc(Br)o1. The van der Waals surface area contributed by atoms with Crippen LogP contribution in [0.5, 0.6) is 0 Å². The lowest BCUT2D eigenvalue weighted by Crippen LogP contribution is -2.10. The molecule has 0 unspecified atom stereocenters. The molecule has 4 aromatic heterocycles. The molecule has 0 atom stereocenters. The Morgan fingerprint density at radius 1 is 0.967 bits per heavy atom. The molecule has 5 rings (SSSR count). The first-order valence-corrected chi connectivity index (χ1v) is 9.77. The average molecular weight is 461 g/mol. The van der Waals surface area contributed by atoms with Gasteiger partial charge in [-0.05, 0) is 64.5 Å². The van der Waals surface area contributed by atoms with Crippen LogP contribution in [0.25, 0.3) is 28.3 Å². The second kappa shape index (κ2) is 7.53. The van der Waals surface area contributed by atoms with Gasteiger partial charge in [0.05, 0.1) is 5.69 Å². The first-order chi connectivity index (χ1) is 14.7. The summed E-state index contributed by atoms with van der Waals surface area (Å²) in [5.74, 6) is 0.514. The van der Waals surface area contributed by atoms with E-state index in [4.69, 9.17) is 9.52 Å². The van der Waals surface area contributed by atoms with E-state index in [1.165, 1.54) is 0 Å². The summed E-state index contributed by atoms with van der Waals surface area (Å²) >= 11 is 3.20. The van der Waals surface area contributed by atoms with E-state index in [0.717, 1.165) is 16.8 Å². The molecule has 0 aliphatic carbocycles. The van der Waals surface area contributed by atoms with E-state index in [9.17, 15) is 4.79 Å². The number of rotatable bonds is 4. The minimum absolute atomic E-state index is 0.221. The van der Waals surface area contributed by atoms with Crippen LogP contribution in [0, 0.1) is 0 Å². The first kappa shape index (κ1) is 18.2. The number of nitrogens with one attached hydrogen (secondary N) is 1. The minimum Gasteiger partial charge on any atom is -0.444 e. The number of fused-ring (bicyclic) bond motifs is 1. The van der Waals surface area contributed by atoms with Crippen LogP contribution >= 0.6 is 15.9 Å². The van der Waals surface area contributed by atoms with E-state index >= 15 is 0 Å². The summed E-state index contributed by atoms with van der Waals surface area (Å²) in [6.07, 6.45) is 3.40. The third-order valence-electron chi connectivity index (χ3n) is 4.41. The van der Waals surface area contributed by atoms with E-state index in [0.29, 0.717) is 21.8 Å². The molecule has 0 saturated heterocycles. The maximum absolute atomic E-state index is 12.3. The highest BCUT2D eigenvalue weighted by molar-refractivity contribution is 9.10. The van der Waals surface area contributed by atoms with Gasteiger partial charge in [0.25, 0.3) is 5.91 Å². The smallest absolute Gasteiger partial charge is 0.291 e. The molecule has 0 fully saturated rings. The van der Waals surface area contributed by atoms with E-state index < -0.39 is 0 Å². The van der Waals surface area contributed by atoms with Gasteiger partial charge in [0.2, 0.25) is 0 Å². The van der Waals surface area contributed by atoms with Gasteiger partial charge in [-0.1, -0.05) is 12.1 Å². The lowest BCUT2D eigenvalue weighted by atomic mass is 10.1. The van der Waals surface area contributed by atoms with Crippen LogP contribution < -0.4 is 5.32 Å². The van der Waals surface area contributed by atoms with Crippen LogP contribution in [0.2, 0.25) is 0 Å². The van der Waals surface area contributed by atoms with Crippen LogP contribution in [-0.4, -0.2) is 30.7 Å². The Morgan fingerprint density at radius 2 is 1.83 bits per heavy atom. The van der Waals surface area contributed by atoms with Crippen molar-refractivity contribution in [1.29, 1.82) is 0 Å². The highest BCUT2D eigenvalue weighted by Gasteiger charge is 2.13. The van der Waals surface area contributed by atoms with Crippen molar-refractivity contribution < 1.29 is 9.21 Å². The van der Waals surface area contributed by atoms with Crippen molar-refractivity contribution >= 4 is 33.2 Å². The van der Waals surface area contributed by atoms with E-state index in [1.807, 2.05) is 42.5 Å². The van der Waals surface area contributed by atoms with Crippen LogP contribution in [0.1, 0.15) is 10.6 Å². The summed E-state index contributed by atoms with van der Waals surface area (Å²) in [6, 6.07) is 18.1. The van der Waals surface area contributed by atoms with Gasteiger partial charge in [0.15, 0.2) is 21.9 Å². The first-order valence-electron chi connectivity index (χ1n) is 8.97. The minimum atomic E-state index is -0.333. The summed E-state index contributed by atoms with van der Waals surface area (Å²) < 4.78 is 7.49.